The average Bonchev–Trinajstić information content (AvgIpc) is 2.91. The minimum absolute atomic E-state index is 0.0927. The lowest BCUT2D eigenvalue weighted by molar-refractivity contribution is 0.824. The first-order chi connectivity index (χ1) is 7.31. The molecule has 3 rings (SSSR count). The third-order valence-electron chi connectivity index (χ3n) is 2.88. The van der Waals surface area contributed by atoms with Gasteiger partial charge in [-0.25, -0.2) is 4.98 Å². The van der Waals surface area contributed by atoms with Crippen LogP contribution in [0.5, 0.6) is 0 Å². The molecule has 1 aliphatic carbocycles. The second-order valence-corrected chi connectivity index (χ2v) is 4.41. The molecule has 1 aliphatic rings. The molecular weight excluding hydrogens is 210 g/mol. The van der Waals surface area contributed by atoms with Crippen LogP contribution in [-0.2, 0) is 0 Å². The van der Waals surface area contributed by atoms with Gasteiger partial charge in [-0.1, -0.05) is 12.1 Å². The zero-order chi connectivity index (χ0) is 10.3. The molecule has 2 aromatic rings. The molecule has 4 heteroatoms. The number of nitrogens with zero attached hydrogens (tertiary/aromatic N) is 1. The largest absolute Gasteiger partial charge is 0.349 e. The average molecular weight is 222 g/mol. The summed E-state index contributed by atoms with van der Waals surface area (Å²) in [6.07, 6.45) is 2.26. The summed E-state index contributed by atoms with van der Waals surface area (Å²) in [5, 5.41) is 3.37. The molecule has 15 heavy (non-hydrogen) atoms. The standard InChI is InChI=1S/C11H12ClN3/c12-7-11(5-6-11)15-10-13-8-3-1-2-4-9(8)14-10/h1-4H,5-7H2,(H2,13,14,15). The smallest absolute Gasteiger partial charge is 0.201 e. The molecule has 0 atom stereocenters. The number of hydrogen-bond acceptors (Lipinski definition) is 2. The predicted molar refractivity (Wildman–Crippen MR) is 62.4 cm³/mol. The van der Waals surface area contributed by atoms with Gasteiger partial charge in [0.2, 0.25) is 5.95 Å². The van der Waals surface area contributed by atoms with Crippen LogP contribution in [0.1, 0.15) is 12.8 Å². The van der Waals surface area contributed by atoms with Gasteiger partial charge in [0.25, 0.3) is 0 Å². The van der Waals surface area contributed by atoms with Crippen LogP contribution in [0.3, 0.4) is 0 Å². The fraction of sp³-hybridized carbons (Fsp3) is 0.364. The van der Waals surface area contributed by atoms with Gasteiger partial charge >= 0.3 is 0 Å². The predicted octanol–water partition coefficient (Wildman–Crippen LogP) is 2.75. The van der Waals surface area contributed by atoms with Crippen molar-refractivity contribution in [1.29, 1.82) is 0 Å². The highest BCUT2D eigenvalue weighted by Crippen LogP contribution is 2.39. The minimum atomic E-state index is 0.0927. The fourth-order valence-corrected chi connectivity index (χ4v) is 2.04. The summed E-state index contributed by atoms with van der Waals surface area (Å²) in [5.74, 6) is 1.47. The van der Waals surface area contributed by atoms with Crippen molar-refractivity contribution < 1.29 is 0 Å². The summed E-state index contributed by atoms with van der Waals surface area (Å²) >= 11 is 5.90. The number of nitrogens with one attached hydrogen (secondary N) is 2. The number of para-hydroxylation sites is 2. The molecular formula is C11H12ClN3. The molecule has 0 bridgehead atoms. The maximum Gasteiger partial charge on any atom is 0.201 e. The van der Waals surface area contributed by atoms with Crippen LogP contribution < -0.4 is 5.32 Å². The number of benzene rings is 1. The zero-order valence-corrected chi connectivity index (χ0v) is 9.01. The van der Waals surface area contributed by atoms with E-state index in [0.717, 1.165) is 29.8 Å². The Morgan fingerprint density at radius 2 is 2.20 bits per heavy atom. The van der Waals surface area contributed by atoms with E-state index in [0.29, 0.717) is 5.88 Å². The Hall–Kier alpha value is -1.22. The number of fused-ring (bicyclic) bond motifs is 1. The summed E-state index contributed by atoms with van der Waals surface area (Å²) in [6.45, 7) is 0. The van der Waals surface area contributed by atoms with Gasteiger partial charge in [-0.15, -0.1) is 11.6 Å². The summed E-state index contributed by atoms with van der Waals surface area (Å²) in [6, 6.07) is 8.01. The molecule has 78 valence electrons. The maximum atomic E-state index is 5.90. The number of hydrogen-bond donors (Lipinski definition) is 2. The van der Waals surface area contributed by atoms with Crippen LogP contribution in [0.4, 0.5) is 5.95 Å². The van der Waals surface area contributed by atoms with Gasteiger partial charge in [0.15, 0.2) is 0 Å². The number of halogens is 1. The van der Waals surface area contributed by atoms with Crippen molar-refractivity contribution in [2.24, 2.45) is 0 Å². The Balaban J connectivity index is 1.92. The van der Waals surface area contributed by atoms with E-state index in [1.807, 2.05) is 24.3 Å². The first kappa shape index (κ1) is 9.04. The molecule has 1 aromatic heterocycles. The second kappa shape index (κ2) is 3.14. The van der Waals surface area contributed by atoms with E-state index in [2.05, 4.69) is 15.3 Å². The Morgan fingerprint density at radius 1 is 1.40 bits per heavy atom. The lowest BCUT2D eigenvalue weighted by atomic mass is 10.3. The van der Waals surface area contributed by atoms with E-state index in [1.54, 1.807) is 0 Å². The summed E-state index contributed by atoms with van der Waals surface area (Å²) in [7, 11) is 0. The van der Waals surface area contributed by atoms with Crippen LogP contribution in [0.25, 0.3) is 11.0 Å². The fourth-order valence-electron chi connectivity index (χ4n) is 1.71. The van der Waals surface area contributed by atoms with Crippen LogP contribution in [-0.4, -0.2) is 21.4 Å². The summed E-state index contributed by atoms with van der Waals surface area (Å²) < 4.78 is 0. The molecule has 0 spiro atoms. The number of H-pyrrole nitrogens is 1. The van der Waals surface area contributed by atoms with E-state index in [1.165, 1.54) is 0 Å². The number of imidazole rings is 1. The molecule has 0 saturated heterocycles. The number of alkyl halides is 1. The molecule has 1 aromatic carbocycles. The van der Waals surface area contributed by atoms with Crippen molar-refractivity contribution >= 4 is 28.6 Å². The maximum absolute atomic E-state index is 5.90. The van der Waals surface area contributed by atoms with E-state index in [9.17, 15) is 0 Å². The highest BCUT2D eigenvalue weighted by atomic mass is 35.5. The third-order valence-corrected chi connectivity index (χ3v) is 3.39. The Morgan fingerprint density at radius 3 is 2.87 bits per heavy atom. The monoisotopic (exact) mass is 221 g/mol. The van der Waals surface area contributed by atoms with Crippen LogP contribution in [0, 0.1) is 0 Å². The lowest BCUT2D eigenvalue weighted by Gasteiger charge is -2.11. The van der Waals surface area contributed by atoms with Crippen molar-refractivity contribution in [2.45, 2.75) is 18.4 Å². The first-order valence-corrected chi connectivity index (χ1v) is 5.64. The molecule has 2 N–H and O–H groups in total. The molecule has 0 aliphatic heterocycles. The van der Waals surface area contributed by atoms with E-state index in [4.69, 9.17) is 11.6 Å². The van der Waals surface area contributed by atoms with Gasteiger partial charge in [0.1, 0.15) is 0 Å². The first-order valence-electron chi connectivity index (χ1n) is 5.10. The van der Waals surface area contributed by atoms with E-state index < -0.39 is 0 Å². The molecule has 0 radical (unpaired) electrons. The Bertz CT molecular complexity index is 454. The van der Waals surface area contributed by atoms with Gasteiger partial charge < -0.3 is 10.3 Å². The van der Waals surface area contributed by atoms with E-state index in [-0.39, 0.29) is 5.54 Å². The highest BCUT2D eigenvalue weighted by molar-refractivity contribution is 6.19. The Kier molecular flexibility index (Phi) is 1.89. The zero-order valence-electron chi connectivity index (χ0n) is 8.26. The summed E-state index contributed by atoms with van der Waals surface area (Å²) in [4.78, 5) is 7.71. The number of aromatic nitrogens is 2. The SMILES string of the molecule is ClCC1(Nc2nc3ccccc3[nH]2)CC1. The summed E-state index contributed by atoms with van der Waals surface area (Å²) in [5.41, 5.74) is 2.14. The number of anilines is 1. The molecule has 1 heterocycles. The molecule has 3 nitrogen and oxygen atoms in total. The molecule has 1 saturated carbocycles. The van der Waals surface area contributed by atoms with Crippen molar-refractivity contribution in [3.63, 3.8) is 0 Å². The molecule has 0 unspecified atom stereocenters. The van der Waals surface area contributed by atoms with E-state index >= 15 is 0 Å². The van der Waals surface area contributed by atoms with Crippen molar-refractivity contribution in [3.8, 4) is 0 Å². The third kappa shape index (κ3) is 1.57. The molecule has 0 amide bonds. The van der Waals surface area contributed by atoms with Gasteiger partial charge in [0, 0.05) is 5.88 Å². The number of aromatic amines is 1. The van der Waals surface area contributed by atoms with Crippen molar-refractivity contribution in [2.75, 3.05) is 11.2 Å². The molecule has 1 fully saturated rings. The Labute approximate surface area is 92.8 Å². The quantitative estimate of drug-likeness (QED) is 0.783. The highest BCUT2D eigenvalue weighted by Gasteiger charge is 2.42. The van der Waals surface area contributed by atoms with Crippen molar-refractivity contribution in [1.82, 2.24) is 9.97 Å². The van der Waals surface area contributed by atoms with Gasteiger partial charge in [-0.2, -0.15) is 0 Å². The van der Waals surface area contributed by atoms with Gasteiger partial charge in [-0.3, -0.25) is 0 Å². The van der Waals surface area contributed by atoms with Crippen LogP contribution >= 0.6 is 11.6 Å². The second-order valence-electron chi connectivity index (χ2n) is 4.14. The van der Waals surface area contributed by atoms with Gasteiger partial charge in [0.05, 0.1) is 16.6 Å². The van der Waals surface area contributed by atoms with Crippen molar-refractivity contribution in [3.05, 3.63) is 24.3 Å². The number of rotatable bonds is 3. The minimum Gasteiger partial charge on any atom is -0.349 e. The normalized spacial score (nSPS) is 17.9. The van der Waals surface area contributed by atoms with Crippen LogP contribution in [0.2, 0.25) is 0 Å². The van der Waals surface area contributed by atoms with Crippen LogP contribution in [0.15, 0.2) is 24.3 Å². The lowest BCUT2D eigenvalue weighted by Crippen LogP contribution is -2.23. The topological polar surface area (TPSA) is 40.7 Å². The van der Waals surface area contributed by atoms with Gasteiger partial charge in [-0.05, 0) is 25.0 Å².